The number of unbranched alkanes of at least 4 members (excludes halogenated alkanes) is 8. The van der Waals surface area contributed by atoms with E-state index in [1.807, 2.05) is 0 Å². The molecule has 0 saturated heterocycles. The molecule has 0 amide bonds. The maximum atomic E-state index is 15.1. The molecule has 0 aliphatic rings. The molecular formula is C56H46F20O4. The number of benzene rings is 6. The summed E-state index contributed by atoms with van der Waals surface area (Å²) in [6.45, 7) is 2.59. The van der Waals surface area contributed by atoms with Gasteiger partial charge in [0.2, 0.25) is 0 Å². The van der Waals surface area contributed by atoms with Crippen LogP contribution in [-0.4, -0.2) is 13.2 Å². The SMILES string of the molecule is CC(CCCCCCCOc1ccc(-c2cc(F)c(C(F)(F)Oc3cc(F)c(C(F)(F)F)c(F)c3)c(F)c2)c(F)c1)CCCCCCCOc1ccc(-c2cc(F)c(C(F)(F)Oc3cc(F)c(C(F)(F)F)c(F)c3)c(F)c2)c(F)c1. The zero-order valence-corrected chi connectivity index (χ0v) is 41.8. The molecule has 0 radical (unpaired) electrons. The normalized spacial score (nSPS) is 12.4. The van der Waals surface area contributed by atoms with Crippen LogP contribution in [-0.2, 0) is 24.6 Å². The maximum Gasteiger partial charge on any atom is 0.432 e. The van der Waals surface area contributed by atoms with E-state index in [1.54, 1.807) is 0 Å². The Morgan fingerprint density at radius 3 is 0.900 bits per heavy atom. The van der Waals surface area contributed by atoms with Gasteiger partial charge < -0.3 is 18.9 Å². The van der Waals surface area contributed by atoms with E-state index >= 15 is 8.78 Å². The van der Waals surface area contributed by atoms with Crippen molar-refractivity contribution in [3.8, 4) is 45.3 Å². The summed E-state index contributed by atoms with van der Waals surface area (Å²) in [6, 6.07) is 7.13. The second-order valence-corrected chi connectivity index (χ2v) is 18.6. The molecule has 6 rings (SSSR count). The maximum absolute atomic E-state index is 15.1. The van der Waals surface area contributed by atoms with Crippen molar-refractivity contribution in [2.45, 2.75) is 109 Å². The summed E-state index contributed by atoms with van der Waals surface area (Å²) in [5.74, 6) is -21.5. The molecule has 0 aliphatic carbocycles. The Morgan fingerprint density at radius 2 is 0.600 bits per heavy atom. The fourth-order valence-electron chi connectivity index (χ4n) is 8.58. The number of halogens is 20. The summed E-state index contributed by atoms with van der Waals surface area (Å²) in [4.78, 5) is 0. The van der Waals surface area contributed by atoms with Gasteiger partial charge in [0.1, 0.15) is 103 Å². The van der Waals surface area contributed by atoms with E-state index < -0.39 is 139 Å². The lowest BCUT2D eigenvalue weighted by atomic mass is 9.96. The molecule has 6 aromatic rings. The Morgan fingerprint density at radius 1 is 0.325 bits per heavy atom. The largest absolute Gasteiger partial charge is 0.493 e. The molecule has 80 heavy (non-hydrogen) atoms. The van der Waals surface area contributed by atoms with E-state index in [0.29, 0.717) is 43.0 Å². The second kappa shape index (κ2) is 26.1. The molecule has 0 aromatic heterocycles. The third kappa shape index (κ3) is 16.2. The first-order chi connectivity index (χ1) is 37.5. The van der Waals surface area contributed by atoms with Crippen LogP contribution in [0.15, 0.2) is 84.9 Å². The average molecular weight is 1160 g/mol. The summed E-state index contributed by atoms with van der Waals surface area (Å²) < 4.78 is 301. The predicted molar refractivity (Wildman–Crippen MR) is 251 cm³/mol. The molecule has 4 nitrogen and oxygen atoms in total. The van der Waals surface area contributed by atoms with Crippen molar-refractivity contribution < 1.29 is 107 Å². The second-order valence-electron chi connectivity index (χ2n) is 18.6. The van der Waals surface area contributed by atoms with E-state index in [9.17, 15) is 79.0 Å². The van der Waals surface area contributed by atoms with E-state index in [2.05, 4.69) is 16.4 Å². The summed E-state index contributed by atoms with van der Waals surface area (Å²) in [6.07, 6.45) is -10.4. The fraction of sp³-hybridized carbons (Fsp3) is 0.357. The first-order valence-corrected chi connectivity index (χ1v) is 24.6. The van der Waals surface area contributed by atoms with Crippen molar-refractivity contribution in [1.29, 1.82) is 0 Å². The standard InChI is InChI=1S/C56H46F20O4/c1-30(12-8-4-2-6-10-18-77-33-14-16-37(39(57)24-33)31-20-41(59)51(42(60)21-31)55(73,74)79-35-26-45(63)49(46(64)27-35)53(67,68)69)13-9-5-3-7-11-19-78-34-15-17-38(40(58)25-34)32-22-43(61)52(44(62)23-32)56(75,76)80-36-28-47(65)50(48(66)29-36)54(70,71)72/h14-17,20-30H,2-13,18-19H2,1H3. The minimum atomic E-state index is -5.52. The van der Waals surface area contributed by atoms with E-state index in [-0.39, 0.29) is 49.0 Å². The topological polar surface area (TPSA) is 36.9 Å². The smallest absolute Gasteiger partial charge is 0.432 e. The molecular weight excluding hydrogens is 1120 g/mol. The first-order valence-electron chi connectivity index (χ1n) is 24.6. The van der Waals surface area contributed by atoms with Gasteiger partial charge in [0.15, 0.2) is 0 Å². The molecule has 0 saturated carbocycles. The van der Waals surface area contributed by atoms with Crippen LogP contribution in [0.5, 0.6) is 23.0 Å². The minimum absolute atomic E-state index is 0.0779. The highest BCUT2D eigenvalue weighted by atomic mass is 19.4. The van der Waals surface area contributed by atoms with Crippen molar-refractivity contribution in [3.05, 3.63) is 165 Å². The Kier molecular flexibility index (Phi) is 20.4. The van der Waals surface area contributed by atoms with Crippen LogP contribution in [0, 0.1) is 64.1 Å². The molecule has 0 fully saturated rings. The van der Waals surface area contributed by atoms with E-state index in [4.69, 9.17) is 9.47 Å². The molecule has 0 unspecified atom stereocenters. The van der Waals surface area contributed by atoms with Crippen molar-refractivity contribution in [3.63, 3.8) is 0 Å². The molecule has 0 aliphatic heterocycles. The molecule has 24 heteroatoms. The third-order valence-corrected chi connectivity index (χ3v) is 12.5. The Labute approximate surface area is 444 Å². The third-order valence-electron chi connectivity index (χ3n) is 12.5. The van der Waals surface area contributed by atoms with Gasteiger partial charge in [0.25, 0.3) is 0 Å². The summed E-state index contributed by atoms with van der Waals surface area (Å²) in [5.41, 5.74) is -10.7. The Bertz CT molecular complexity index is 2810. The van der Waals surface area contributed by atoms with Gasteiger partial charge in [0.05, 0.1) is 13.2 Å². The van der Waals surface area contributed by atoms with Crippen molar-refractivity contribution in [2.75, 3.05) is 13.2 Å². The number of alkyl halides is 10. The van der Waals surface area contributed by atoms with Gasteiger partial charge in [-0.15, -0.1) is 0 Å². The Hall–Kier alpha value is -6.88. The molecule has 0 heterocycles. The number of hydrogen-bond acceptors (Lipinski definition) is 4. The molecule has 434 valence electrons. The predicted octanol–water partition coefficient (Wildman–Crippen LogP) is 19.5. The van der Waals surface area contributed by atoms with Crippen LogP contribution >= 0.6 is 0 Å². The number of hydrogen-bond donors (Lipinski definition) is 0. The van der Waals surface area contributed by atoms with Crippen LogP contribution in [0.4, 0.5) is 87.8 Å². The van der Waals surface area contributed by atoms with Gasteiger partial charge in [-0.3, -0.25) is 0 Å². The van der Waals surface area contributed by atoms with Gasteiger partial charge in [-0.25, -0.2) is 43.9 Å². The lowest BCUT2D eigenvalue weighted by Gasteiger charge is -2.21. The van der Waals surface area contributed by atoms with Crippen LogP contribution in [0.1, 0.15) is 106 Å². The lowest BCUT2D eigenvalue weighted by Crippen LogP contribution is -2.25. The van der Waals surface area contributed by atoms with Crippen LogP contribution < -0.4 is 18.9 Å². The molecule has 0 atom stereocenters. The van der Waals surface area contributed by atoms with Crippen LogP contribution in [0.2, 0.25) is 0 Å². The monoisotopic (exact) mass is 1160 g/mol. The molecule has 0 spiro atoms. The van der Waals surface area contributed by atoms with Crippen LogP contribution in [0.25, 0.3) is 22.3 Å². The lowest BCUT2D eigenvalue weighted by molar-refractivity contribution is -0.190. The van der Waals surface area contributed by atoms with Gasteiger partial charge in [-0.1, -0.05) is 71.1 Å². The van der Waals surface area contributed by atoms with Crippen molar-refractivity contribution in [1.82, 2.24) is 0 Å². The quantitative estimate of drug-likeness (QED) is 0.0401. The fourth-order valence-corrected chi connectivity index (χ4v) is 8.58. The molecule has 0 N–H and O–H groups in total. The van der Waals surface area contributed by atoms with Crippen LogP contribution in [0.3, 0.4) is 0 Å². The molecule has 0 bridgehead atoms. The van der Waals surface area contributed by atoms with E-state index in [0.717, 1.165) is 88.5 Å². The minimum Gasteiger partial charge on any atom is -0.493 e. The number of rotatable bonds is 26. The summed E-state index contributed by atoms with van der Waals surface area (Å²) in [7, 11) is 0. The average Bonchev–Trinajstić information content (AvgIpc) is 3.51. The van der Waals surface area contributed by atoms with E-state index in [1.165, 1.54) is 12.1 Å². The summed E-state index contributed by atoms with van der Waals surface area (Å²) >= 11 is 0. The zero-order valence-electron chi connectivity index (χ0n) is 41.8. The van der Waals surface area contributed by atoms with Crippen molar-refractivity contribution in [2.24, 2.45) is 5.92 Å². The highest BCUT2D eigenvalue weighted by Gasteiger charge is 2.45. The molecule has 6 aromatic carbocycles. The first kappa shape index (κ1) is 62.3. The van der Waals surface area contributed by atoms with Gasteiger partial charge in [-0.2, -0.15) is 43.9 Å². The highest BCUT2D eigenvalue weighted by molar-refractivity contribution is 5.67. The van der Waals surface area contributed by atoms with Gasteiger partial charge >= 0.3 is 24.6 Å². The van der Waals surface area contributed by atoms with Gasteiger partial charge in [-0.05, 0) is 78.4 Å². The Balaban J connectivity index is 0.827. The number of ether oxygens (including phenoxy) is 4. The zero-order chi connectivity index (χ0) is 58.9. The highest BCUT2D eigenvalue weighted by Crippen LogP contribution is 2.43. The summed E-state index contributed by atoms with van der Waals surface area (Å²) in [5, 5.41) is 0. The van der Waals surface area contributed by atoms with Crippen molar-refractivity contribution >= 4 is 0 Å². The van der Waals surface area contributed by atoms with Gasteiger partial charge in [0, 0.05) is 47.5 Å².